The third kappa shape index (κ3) is 2.53. The minimum Gasteiger partial charge on any atom is -0.369 e. The maximum absolute atomic E-state index is 12.8. The molecule has 1 N–H and O–H groups in total. The topological polar surface area (TPSA) is 15.3 Å². The molecule has 1 aliphatic heterocycles. The Morgan fingerprint density at radius 2 is 2.00 bits per heavy atom. The van der Waals surface area contributed by atoms with E-state index < -0.39 is 0 Å². The van der Waals surface area contributed by atoms with Crippen molar-refractivity contribution in [3.8, 4) is 0 Å². The van der Waals surface area contributed by atoms with Crippen LogP contribution in [0, 0.1) is 11.7 Å². The van der Waals surface area contributed by atoms with Crippen LogP contribution in [0.5, 0.6) is 0 Å². The van der Waals surface area contributed by atoms with Crippen LogP contribution in [0.3, 0.4) is 0 Å². The Morgan fingerprint density at radius 3 is 2.62 bits per heavy atom. The third-order valence-corrected chi connectivity index (χ3v) is 3.20. The van der Waals surface area contributed by atoms with Gasteiger partial charge in [0.15, 0.2) is 0 Å². The number of halogens is 1. The first-order valence-corrected chi connectivity index (χ1v) is 5.90. The second kappa shape index (κ2) is 4.83. The Hall–Kier alpha value is -1.09. The van der Waals surface area contributed by atoms with Gasteiger partial charge in [0.2, 0.25) is 0 Å². The number of benzene rings is 1. The quantitative estimate of drug-likeness (QED) is 0.825. The molecular formula is C13H19FN2. The molecule has 0 amide bonds. The highest BCUT2D eigenvalue weighted by atomic mass is 19.1. The number of hydrogen-bond acceptors (Lipinski definition) is 2. The van der Waals surface area contributed by atoms with E-state index in [0.717, 1.165) is 25.3 Å². The van der Waals surface area contributed by atoms with E-state index in [0.29, 0.717) is 12.0 Å². The maximum atomic E-state index is 12.8. The molecule has 0 aliphatic carbocycles. The number of piperazine rings is 1. The SMILES string of the molecule is CC(C)[C@@H]1CN(c2ccc(F)cc2)CCN1. The zero-order valence-electron chi connectivity index (χ0n) is 9.91. The number of nitrogens with one attached hydrogen (secondary N) is 1. The summed E-state index contributed by atoms with van der Waals surface area (Å²) in [7, 11) is 0. The van der Waals surface area contributed by atoms with E-state index in [9.17, 15) is 4.39 Å². The van der Waals surface area contributed by atoms with E-state index in [1.807, 2.05) is 12.1 Å². The van der Waals surface area contributed by atoms with Gasteiger partial charge in [-0.05, 0) is 30.2 Å². The molecule has 88 valence electrons. The third-order valence-electron chi connectivity index (χ3n) is 3.20. The summed E-state index contributed by atoms with van der Waals surface area (Å²) in [4.78, 5) is 2.32. The van der Waals surface area contributed by atoms with Crippen molar-refractivity contribution in [1.82, 2.24) is 5.32 Å². The minimum atomic E-state index is -0.167. The van der Waals surface area contributed by atoms with Gasteiger partial charge in [-0.1, -0.05) is 13.8 Å². The van der Waals surface area contributed by atoms with E-state index in [1.165, 1.54) is 12.1 Å². The van der Waals surface area contributed by atoms with Crippen LogP contribution in [0.15, 0.2) is 24.3 Å². The summed E-state index contributed by atoms with van der Waals surface area (Å²) in [6.07, 6.45) is 0. The zero-order chi connectivity index (χ0) is 11.5. The first-order chi connectivity index (χ1) is 7.66. The first-order valence-electron chi connectivity index (χ1n) is 5.90. The second-order valence-corrected chi connectivity index (χ2v) is 4.73. The molecule has 1 atom stereocenters. The van der Waals surface area contributed by atoms with Crippen molar-refractivity contribution < 1.29 is 4.39 Å². The summed E-state index contributed by atoms with van der Waals surface area (Å²) in [6.45, 7) is 7.45. The van der Waals surface area contributed by atoms with Crippen LogP contribution in [0.4, 0.5) is 10.1 Å². The molecule has 0 radical (unpaired) electrons. The zero-order valence-corrected chi connectivity index (χ0v) is 9.91. The summed E-state index contributed by atoms with van der Waals surface area (Å²) in [5.41, 5.74) is 1.12. The van der Waals surface area contributed by atoms with Crippen LogP contribution in [0.1, 0.15) is 13.8 Å². The van der Waals surface area contributed by atoms with Gasteiger partial charge in [0.05, 0.1) is 0 Å². The fraction of sp³-hybridized carbons (Fsp3) is 0.538. The fourth-order valence-corrected chi connectivity index (χ4v) is 2.11. The fourth-order valence-electron chi connectivity index (χ4n) is 2.11. The second-order valence-electron chi connectivity index (χ2n) is 4.73. The summed E-state index contributed by atoms with van der Waals surface area (Å²) in [5.74, 6) is 0.461. The van der Waals surface area contributed by atoms with Crippen molar-refractivity contribution in [2.75, 3.05) is 24.5 Å². The van der Waals surface area contributed by atoms with Crippen molar-refractivity contribution in [3.63, 3.8) is 0 Å². The Balaban J connectivity index is 2.06. The van der Waals surface area contributed by atoms with Crippen LogP contribution in [0.25, 0.3) is 0 Å². The summed E-state index contributed by atoms with van der Waals surface area (Å²) >= 11 is 0. The van der Waals surface area contributed by atoms with Crippen molar-refractivity contribution in [2.24, 2.45) is 5.92 Å². The first kappa shape index (κ1) is 11.4. The molecule has 2 rings (SSSR count). The van der Waals surface area contributed by atoms with Crippen LogP contribution in [-0.2, 0) is 0 Å². The monoisotopic (exact) mass is 222 g/mol. The highest BCUT2D eigenvalue weighted by molar-refractivity contribution is 5.46. The lowest BCUT2D eigenvalue weighted by Crippen LogP contribution is -2.52. The van der Waals surface area contributed by atoms with Gasteiger partial charge in [-0.3, -0.25) is 0 Å². The van der Waals surface area contributed by atoms with Crippen molar-refractivity contribution in [3.05, 3.63) is 30.1 Å². The highest BCUT2D eigenvalue weighted by Crippen LogP contribution is 2.18. The largest absolute Gasteiger partial charge is 0.369 e. The molecule has 1 fully saturated rings. The van der Waals surface area contributed by atoms with Gasteiger partial charge in [0.1, 0.15) is 5.82 Å². The van der Waals surface area contributed by atoms with Gasteiger partial charge in [-0.15, -0.1) is 0 Å². The normalized spacial score (nSPS) is 21.5. The van der Waals surface area contributed by atoms with Gasteiger partial charge in [-0.2, -0.15) is 0 Å². The van der Waals surface area contributed by atoms with Crippen LogP contribution < -0.4 is 10.2 Å². The molecule has 0 unspecified atom stereocenters. The summed E-state index contributed by atoms with van der Waals surface area (Å²) in [5, 5.41) is 3.51. The predicted molar refractivity (Wildman–Crippen MR) is 65.2 cm³/mol. The molecule has 1 aliphatic rings. The molecule has 0 aromatic heterocycles. The number of nitrogens with zero attached hydrogens (tertiary/aromatic N) is 1. The lowest BCUT2D eigenvalue weighted by atomic mass is 10.0. The maximum Gasteiger partial charge on any atom is 0.123 e. The molecule has 3 heteroatoms. The predicted octanol–water partition coefficient (Wildman–Crippen LogP) is 2.26. The summed E-state index contributed by atoms with van der Waals surface area (Å²) in [6, 6.07) is 7.30. The van der Waals surface area contributed by atoms with E-state index in [2.05, 4.69) is 24.1 Å². The Kier molecular flexibility index (Phi) is 3.44. The van der Waals surface area contributed by atoms with Gasteiger partial charge in [-0.25, -0.2) is 4.39 Å². The van der Waals surface area contributed by atoms with Gasteiger partial charge < -0.3 is 10.2 Å². The van der Waals surface area contributed by atoms with Gasteiger partial charge in [0, 0.05) is 31.4 Å². The minimum absolute atomic E-state index is 0.167. The number of anilines is 1. The smallest absolute Gasteiger partial charge is 0.123 e. The van der Waals surface area contributed by atoms with E-state index in [-0.39, 0.29) is 5.82 Å². The molecule has 0 bridgehead atoms. The van der Waals surface area contributed by atoms with E-state index in [1.54, 1.807) is 0 Å². The molecule has 2 nitrogen and oxygen atoms in total. The molecular weight excluding hydrogens is 203 g/mol. The molecule has 1 aromatic rings. The van der Waals surface area contributed by atoms with Crippen LogP contribution >= 0.6 is 0 Å². The van der Waals surface area contributed by atoms with Crippen molar-refractivity contribution in [1.29, 1.82) is 0 Å². The molecule has 1 aromatic carbocycles. The van der Waals surface area contributed by atoms with Crippen LogP contribution in [0.2, 0.25) is 0 Å². The summed E-state index contributed by atoms with van der Waals surface area (Å²) < 4.78 is 12.8. The molecule has 1 saturated heterocycles. The molecule has 1 heterocycles. The standard InChI is InChI=1S/C13H19FN2/c1-10(2)13-9-16(8-7-15-13)12-5-3-11(14)4-6-12/h3-6,10,13,15H,7-9H2,1-2H3/t13-/m0/s1. The Morgan fingerprint density at radius 1 is 1.31 bits per heavy atom. The number of rotatable bonds is 2. The molecule has 16 heavy (non-hydrogen) atoms. The average molecular weight is 222 g/mol. The molecule has 0 spiro atoms. The van der Waals surface area contributed by atoms with Crippen molar-refractivity contribution in [2.45, 2.75) is 19.9 Å². The highest BCUT2D eigenvalue weighted by Gasteiger charge is 2.21. The van der Waals surface area contributed by atoms with E-state index >= 15 is 0 Å². The lowest BCUT2D eigenvalue weighted by Gasteiger charge is -2.37. The average Bonchev–Trinajstić information content (AvgIpc) is 2.30. The van der Waals surface area contributed by atoms with Gasteiger partial charge in [0.25, 0.3) is 0 Å². The Labute approximate surface area is 96.5 Å². The van der Waals surface area contributed by atoms with Gasteiger partial charge >= 0.3 is 0 Å². The Bertz CT molecular complexity index is 334. The van der Waals surface area contributed by atoms with E-state index in [4.69, 9.17) is 0 Å². The van der Waals surface area contributed by atoms with Crippen LogP contribution in [-0.4, -0.2) is 25.7 Å². The lowest BCUT2D eigenvalue weighted by molar-refractivity contribution is 0.368. The van der Waals surface area contributed by atoms with Crippen molar-refractivity contribution >= 4 is 5.69 Å². The number of hydrogen-bond donors (Lipinski definition) is 1. The molecule has 0 saturated carbocycles.